The smallest absolute Gasteiger partial charge is 0.336 e. The molecule has 0 saturated heterocycles. The van der Waals surface area contributed by atoms with Crippen molar-refractivity contribution in [3.63, 3.8) is 0 Å². The molecule has 0 aliphatic heterocycles. The number of aromatic nitrogens is 2. The maximum absolute atomic E-state index is 14.1. The molecule has 1 unspecified atom stereocenters. The van der Waals surface area contributed by atoms with Gasteiger partial charge in [-0.05, 0) is 45.4 Å². The topological polar surface area (TPSA) is 106 Å². The highest BCUT2D eigenvalue weighted by atomic mass is 19.1. The molecule has 0 spiro atoms. The maximum Gasteiger partial charge on any atom is 0.336 e. The Balaban J connectivity index is 1.98. The fraction of sp³-hybridized carbons (Fsp3) is 0.318. The first kappa shape index (κ1) is 21.6. The Bertz CT molecular complexity index is 1040. The van der Waals surface area contributed by atoms with Gasteiger partial charge in [0.1, 0.15) is 5.82 Å². The van der Waals surface area contributed by atoms with Crippen LogP contribution in [0.5, 0.6) is 0 Å². The molecule has 1 aromatic heterocycles. The van der Waals surface area contributed by atoms with Crippen molar-refractivity contribution in [1.82, 2.24) is 10.1 Å². The van der Waals surface area contributed by atoms with E-state index < -0.39 is 23.5 Å². The lowest BCUT2D eigenvalue weighted by atomic mass is 9.96. The van der Waals surface area contributed by atoms with Crippen LogP contribution in [-0.2, 0) is 4.74 Å². The van der Waals surface area contributed by atoms with Crippen LogP contribution in [0.3, 0.4) is 0 Å². The highest BCUT2D eigenvalue weighted by Crippen LogP contribution is 2.33. The molecule has 0 fully saturated rings. The molecule has 158 valence electrons. The summed E-state index contributed by atoms with van der Waals surface area (Å²) in [5.41, 5.74) is 0.0813. The van der Waals surface area contributed by atoms with Gasteiger partial charge in [0.25, 0.3) is 5.89 Å². The van der Waals surface area contributed by atoms with Crippen LogP contribution in [0.1, 0.15) is 49.2 Å². The van der Waals surface area contributed by atoms with Crippen molar-refractivity contribution in [2.45, 2.75) is 38.9 Å². The lowest BCUT2D eigenvalue weighted by Gasteiger charge is -2.21. The molecule has 0 aliphatic rings. The SMILES string of the molecule is CC(OCCC(C)(C)O)c1c(C(=O)O)cccc1-c1noc(-c2ccccc2F)n1. The van der Waals surface area contributed by atoms with Crippen molar-refractivity contribution in [1.29, 1.82) is 0 Å². The average molecular weight is 414 g/mol. The van der Waals surface area contributed by atoms with Gasteiger partial charge in [-0.25, -0.2) is 9.18 Å². The van der Waals surface area contributed by atoms with Gasteiger partial charge in [-0.3, -0.25) is 0 Å². The Labute approximate surface area is 173 Å². The normalized spacial score (nSPS) is 12.7. The van der Waals surface area contributed by atoms with Crippen LogP contribution in [0.2, 0.25) is 0 Å². The summed E-state index contributed by atoms with van der Waals surface area (Å²) >= 11 is 0. The number of aliphatic hydroxyl groups is 1. The largest absolute Gasteiger partial charge is 0.478 e. The second-order valence-corrected chi connectivity index (χ2v) is 7.55. The van der Waals surface area contributed by atoms with Gasteiger partial charge in [-0.1, -0.05) is 29.4 Å². The van der Waals surface area contributed by atoms with Gasteiger partial charge in [-0.15, -0.1) is 0 Å². The molecule has 0 radical (unpaired) electrons. The van der Waals surface area contributed by atoms with E-state index in [0.717, 1.165) is 0 Å². The van der Waals surface area contributed by atoms with Crippen molar-refractivity contribution in [2.24, 2.45) is 0 Å². The first-order valence-electron chi connectivity index (χ1n) is 9.46. The Morgan fingerprint density at radius 1 is 1.20 bits per heavy atom. The van der Waals surface area contributed by atoms with Crippen LogP contribution < -0.4 is 0 Å². The minimum atomic E-state index is -1.12. The van der Waals surface area contributed by atoms with E-state index in [-0.39, 0.29) is 29.4 Å². The third-order valence-electron chi connectivity index (χ3n) is 4.60. The molecule has 2 N–H and O–H groups in total. The molecule has 8 heteroatoms. The number of carbonyl (C=O) groups is 1. The number of carboxylic acids is 1. The zero-order valence-corrected chi connectivity index (χ0v) is 16.9. The zero-order chi connectivity index (χ0) is 21.9. The lowest BCUT2D eigenvalue weighted by molar-refractivity contribution is 0.00320. The lowest BCUT2D eigenvalue weighted by Crippen LogP contribution is -2.21. The highest BCUT2D eigenvalue weighted by molar-refractivity contribution is 5.92. The van der Waals surface area contributed by atoms with E-state index in [9.17, 15) is 19.4 Å². The minimum Gasteiger partial charge on any atom is -0.478 e. The van der Waals surface area contributed by atoms with Gasteiger partial charge < -0.3 is 19.5 Å². The third kappa shape index (κ3) is 4.90. The number of hydrogen-bond donors (Lipinski definition) is 2. The summed E-state index contributed by atoms with van der Waals surface area (Å²) in [7, 11) is 0. The Morgan fingerprint density at radius 2 is 1.90 bits per heavy atom. The number of benzene rings is 2. The Morgan fingerprint density at radius 3 is 2.57 bits per heavy atom. The summed E-state index contributed by atoms with van der Waals surface area (Å²) in [6, 6.07) is 10.7. The van der Waals surface area contributed by atoms with Crippen molar-refractivity contribution in [3.8, 4) is 22.8 Å². The van der Waals surface area contributed by atoms with E-state index in [1.807, 2.05) is 0 Å². The summed E-state index contributed by atoms with van der Waals surface area (Å²) in [5.74, 6) is -1.51. The molecule has 1 heterocycles. The van der Waals surface area contributed by atoms with Crippen LogP contribution in [0.15, 0.2) is 47.0 Å². The first-order chi connectivity index (χ1) is 14.2. The maximum atomic E-state index is 14.1. The van der Waals surface area contributed by atoms with Gasteiger partial charge in [0.05, 0.1) is 29.4 Å². The molecular weight excluding hydrogens is 391 g/mol. The Hall–Kier alpha value is -3.10. The van der Waals surface area contributed by atoms with Gasteiger partial charge in [0, 0.05) is 11.1 Å². The molecule has 30 heavy (non-hydrogen) atoms. The fourth-order valence-electron chi connectivity index (χ4n) is 3.03. The second-order valence-electron chi connectivity index (χ2n) is 7.55. The Kier molecular flexibility index (Phi) is 6.28. The number of carboxylic acid groups (broad SMARTS) is 1. The molecule has 3 rings (SSSR count). The molecule has 0 saturated carbocycles. The van der Waals surface area contributed by atoms with Crippen molar-refractivity contribution >= 4 is 5.97 Å². The van der Waals surface area contributed by atoms with E-state index in [1.165, 1.54) is 18.2 Å². The second kappa shape index (κ2) is 8.73. The number of rotatable bonds is 8. The quantitative estimate of drug-likeness (QED) is 0.560. The first-order valence-corrected chi connectivity index (χ1v) is 9.46. The number of ether oxygens (including phenoxy) is 1. The molecule has 3 aromatic rings. The predicted octanol–water partition coefficient (Wildman–Crippen LogP) is 4.48. The summed E-state index contributed by atoms with van der Waals surface area (Å²) in [4.78, 5) is 16.1. The van der Waals surface area contributed by atoms with Gasteiger partial charge >= 0.3 is 5.97 Å². The summed E-state index contributed by atoms with van der Waals surface area (Å²) in [5, 5.41) is 23.4. The highest BCUT2D eigenvalue weighted by Gasteiger charge is 2.25. The summed E-state index contributed by atoms with van der Waals surface area (Å²) in [6.45, 7) is 5.28. The molecule has 7 nitrogen and oxygen atoms in total. The van der Waals surface area contributed by atoms with Crippen molar-refractivity contribution in [2.75, 3.05) is 6.61 Å². The van der Waals surface area contributed by atoms with Crippen molar-refractivity contribution < 1.29 is 28.7 Å². The standard InChI is InChI=1S/C22H23FN2O5/c1-13(29-12-11-22(2,3)28)18-15(8-6-9-16(18)21(26)27)19-24-20(30-25-19)14-7-4-5-10-17(14)23/h4-10,13,28H,11-12H2,1-3H3,(H,26,27). The predicted molar refractivity (Wildman–Crippen MR) is 107 cm³/mol. The number of aromatic carboxylic acids is 1. The summed E-state index contributed by atoms with van der Waals surface area (Å²) in [6.07, 6.45) is -0.244. The average Bonchev–Trinajstić information content (AvgIpc) is 3.16. The van der Waals surface area contributed by atoms with Crippen LogP contribution in [0.25, 0.3) is 22.8 Å². The van der Waals surface area contributed by atoms with Crippen LogP contribution >= 0.6 is 0 Å². The van der Waals surface area contributed by atoms with E-state index in [1.54, 1.807) is 45.0 Å². The van der Waals surface area contributed by atoms with Crippen LogP contribution in [0, 0.1) is 5.82 Å². The minimum absolute atomic E-state index is 0.00891. The van der Waals surface area contributed by atoms with Crippen molar-refractivity contribution in [3.05, 3.63) is 59.4 Å². The molecule has 0 bridgehead atoms. The van der Waals surface area contributed by atoms with E-state index >= 15 is 0 Å². The van der Waals surface area contributed by atoms with E-state index in [2.05, 4.69) is 10.1 Å². The fourth-order valence-corrected chi connectivity index (χ4v) is 3.03. The molecule has 0 aliphatic carbocycles. The zero-order valence-electron chi connectivity index (χ0n) is 16.9. The van der Waals surface area contributed by atoms with Gasteiger partial charge in [-0.2, -0.15) is 4.98 Å². The molecule has 1 atom stereocenters. The van der Waals surface area contributed by atoms with E-state index in [0.29, 0.717) is 17.5 Å². The number of hydrogen-bond acceptors (Lipinski definition) is 6. The van der Waals surface area contributed by atoms with E-state index in [4.69, 9.17) is 9.26 Å². The molecular formula is C22H23FN2O5. The van der Waals surface area contributed by atoms with Crippen LogP contribution in [0.4, 0.5) is 4.39 Å². The summed E-state index contributed by atoms with van der Waals surface area (Å²) < 4.78 is 25.1. The number of nitrogens with zero attached hydrogens (tertiary/aromatic N) is 2. The van der Waals surface area contributed by atoms with Crippen LogP contribution in [-0.4, -0.2) is 38.5 Å². The molecule has 2 aromatic carbocycles. The van der Waals surface area contributed by atoms with Gasteiger partial charge in [0.15, 0.2) is 0 Å². The monoisotopic (exact) mass is 414 g/mol. The molecule has 0 amide bonds. The van der Waals surface area contributed by atoms with Gasteiger partial charge in [0.2, 0.25) is 5.82 Å². The third-order valence-corrected chi connectivity index (χ3v) is 4.60. The number of halogens is 1.